The van der Waals surface area contributed by atoms with Crippen molar-refractivity contribution in [1.29, 1.82) is 0 Å². The number of allylic oxidation sites excluding steroid dienone is 1. The van der Waals surface area contributed by atoms with Crippen molar-refractivity contribution in [3.63, 3.8) is 0 Å². The molecule has 0 saturated heterocycles. The van der Waals surface area contributed by atoms with Gasteiger partial charge in [0.25, 0.3) is 0 Å². The Balaban J connectivity index is 2.58. The fraction of sp³-hybridized carbons (Fsp3) is 0.308. The van der Waals surface area contributed by atoms with Crippen LogP contribution in [0.3, 0.4) is 0 Å². The molecule has 2 aromatic rings. The lowest BCUT2D eigenvalue weighted by molar-refractivity contribution is -0.992. The van der Waals surface area contributed by atoms with Crippen molar-refractivity contribution in [2.75, 3.05) is 26.1 Å². The molecule has 0 radical (unpaired) electrons. The van der Waals surface area contributed by atoms with Gasteiger partial charge in [-0.15, -0.1) is 6.58 Å². The second-order valence-electron chi connectivity index (χ2n) is 4.40. The minimum absolute atomic E-state index is 0.355. The van der Waals surface area contributed by atoms with Crippen LogP contribution in [0.15, 0.2) is 30.9 Å². The van der Waals surface area contributed by atoms with E-state index >= 15 is 0 Å². The number of aromatic nitrogens is 2. The summed E-state index contributed by atoms with van der Waals surface area (Å²) in [5, 5.41) is 11.2. The molecular formula is C13H18N4O2. The summed E-state index contributed by atoms with van der Waals surface area (Å²) >= 11 is 0. The molecule has 2 rings (SSSR count). The first-order valence-electron chi connectivity index (χ1n) is 5.95. The number of nitrogens with one attached hydrogen (secondary N) is 1. The van der Waals surface area contributed by atoms with Crippen molar-refractivity contribution in [2.45, 2.75) is 6.54 Å². The zero-order valence-corrected chi connectivity index (χ0v) is 11.4. The summed E-state index contributed by atoms with van der Waals surface area (Å²) in [6.45, 7) is 4.43. The number of hydrogen-bond acceptors (Lipinski definition) is 4. The number of fused-ring (bicyclic) bond motifs is 1. The van der Waals surface area contributed by atoms with Gasteiger partial charge in [-0.25, -0.2) is 9.82 Å². The fourth-order valence-corrected chi connectivity index (χ4v) is 2.01. The first-order chi connectivity index (χ1) is 9.08. The van der Waals surface area contributed by atoms with E-state index in [0.29, 0.717) is 12.2 Å². The first kappa shape index (κ1) is 13.5. The lowest BCUT2D eigenvalue weighted by Gasteiger charge is -2.16. The summed E-state index contributed by atoms with van der Waals surface area (Å²) < 4.78 is 2.05. The van der Waals surface area contributed by atoms with Gasteiger partial charge in [-0.3, -0.25) is 0 Å². The third-order valence-electron chi connectivity index (χ3n) is 2.86. The molecule has 0 aliphatic carbocycles. The summed E-state index contributed by atoms with van der Waals surface area (Å²) in [6, 6.07) is 5.37. The minimum Gasteiger partial charge on any atom is -0.595 e. The summed E-state index contributed by atoms with van der Waals surface area (Å²) in [7, 11) is 5.23. The zero-order valence-electron chi connectivity index (χ0n) is 11.4. The Kier molecular flexibility index (Phi) is 3.84. The third-order valence-corrected chi connectivity index (χ3v) is 2.86. The SMILES string of the molecule is C=CCn1c(N(C)C)nc2cc([NH+]([O-])OC)ccc21. The predicted octanol–water partition coefficient (Wildman–Crippen LogP) is 0.864. The number of benzene rings is 1. The normalized spacial score (nSPS) is 12.6. The first-order valence-corrected chi connectivity index (χ1v) is 5.95. The van der Waals surface area contributed by atoms with E-state index in [4.69, 9.17) is 4.84 Å². The number of hydrogen-bond donors (Lipinski definition) is 1. The average Bonchev–Trinajstić information content (AvgIpc) is 2.76. The summed E-state index contributed by atoms with van der Waals surface area (Å²) in [5.41, 5.74) is 2.24. The van der Waals surface area contributed by atoms with Crippen LogP contribution in [-0.4, -0.2) is 30.8 Å². The van der Waals surface area contributed by atoms with E-state index in [2.05, 4.69) is 11.6 Å². The van der Waals surface area contributed by atoms with Crippen LogP contribution in [0, 0.1) is 5.21 Å². The van der Waals surface area contributed by atoms with E-state index in [-0.39, 0.29) is 5.23 Å². The molecule has 1 aromatic carbocycles. The number of nitrogens with zero attached hydrogens (tertiary/aromatic N) is 3. The molecular weight excluding hydrogens is 244 g/mol. The molecule has 1 atom stereocenters. The molecule has 0 saturated carbocycles. The maximum Gasteiger partial charge on any atom is 0.206 e. The van der Waals surface area contributed by atoms with E-state index in [1.165, 1.54) is 7.11 Å². The highest BCUT2D eigenvalue weighted by atomic mass is 16.9. The Hall–Kier alpha value is -1.89. The van der Waals surface area contributed by atoms with E-state index in [1.54, 1.807) is 12.1 Å². The molecule has 0 aliphatic heterocycles. The van der Waals surface area contributed by atoms with Crippen LogP contribution >= 0.6 is 0 Å². The molecule has 102 valence electrons. The highest BCUT2D eigenvalue weighted by molar-refractivity contribution is 5.81. The molecule has 0 fully saturated rings. The third kappa shape index (κ3) is 2.46. The van der Waals surface area contributed by atoms with Crippen LogP contribution in [0.4, 0.5) is 11.6 Å². The highest BCUT2D eigenvalue weighted by Crippen LogP contribution is 2.23. The Bertz CT molecular complexity index is 592. The molecule has 0 spiro atoms. The molecule has 1 unspecified atom stereocenters. The Morgan fingerprint density at radius 2 is 2.26 bits per heavy atom. The molecule has 0 amide bonds. The van der Waals surface area contributed by atoms with Crippen molar-refractivity contribution in [1.82, 2.24) is 9.55 Å². The maximum atomic E-state index is 11.5. The van der Waals surface area contributed by atoms with Crippen LogP contribution in [0.2, 0.25) is 0 Å². The lowest BCUT2D eigenvalue weighted by atomic mass is 10.3. The topological polar surface area (TPSA) is 57.8 Å². The smallest absolute Gasteiger partial charge is 0.206 e. The monoisotopic (exact) mass is 262 g/mol. The van der Waals surface area contributed by atoms with Crippen molar-refractivity contribution >= 4 is 22.7 Å². The molecule has 0 bridgehead atoms. The van der Waals surface area contributed by atoms with Gasteiger partial charge in [0, 0.05) is 32.8 Å². The molecule has 0 aliphatic rings. The van der Waals surface area contributed by atoms with E-state index in [9.17, 15) is 5.21 Å². The second kappa shape index (κ2) is 5.40. The van der Waals surface area contributed by atoms with Crippen LogP contribution in [-0.2, 0) is 11.4 Å². The second-order valence-corrected chi connectivity index (χ2v) is 4.40. The van der Waals surface area contributed by atoms with Gasteiger partial charge in [0.2, 0.25) is 5.95 Å². The summed E-state index contributed by atoms with van der Waals surface area (Å²) in [6.07, 6.45) is 1.82. The van der Waals surface area contributed by atoms with Crippen molar-refractivity contribution in [3.8, 4) is 0 Å². The minimum atomic E-state index is -0.355. The standard InChI is InChI=1S/C13H18N4O2/c1-5-8-16-12-7-6-10(17(18)19-4)9-11(12)14-13(16)15(2)3/h5-7,9,17H,1,8H2,2-4H3. The molecule has 6 nitrogen and oxygen atoms in total. The number of rotatable bonds is 5. The molecule has 1 heterocycles. The fourth-order valence-electron chi connectivity index (χ4n) is 2.01. The quantitative estimate of drug-likeness (QED) is 0.641. The van der Waals surface area contributed by atoms with Crippen molar-refractivity contribution in [2.24, 2.45) is 0 Å². The summed E-state index contributed by atoms with van der Waals surface area (Å²) in [4.78, 5) is 11.2. The Morgan fingerprint density at radius 1 is 1.53 bits per heavy atom. The van der Waals surface area contributed by atoms with Gasteiger partial charge in [-0.05, 0) is 6.07 Å². The highest BCUT2D eigenvalue weighted by Gasteiger charge is 2.13. The van der Waals surface area contributed by atoms with E-state index in [1.807, 2.05) is 35.7 Å². The maximum absolute atomic E-state index is 11.5. The Labute approximate surface area is 112 Å². The van der Waals surface area contributed by atoms with Gasteiger partial charge in [0.15, 0.2) is 5.69 Å². The molecule has 1 N–H and O–H groups in total. The lowest BCUT2D eigenvalue weighted by Crippen LogP contribution is -3.00. The van der Waals surface area contributed by atoms with Crippen molar-refractivity contribution in [3.05, 3.63) is 36.1 Å². The molecule has 6 heteroatoms. The zero-order chi connectivity index (χ0) is 14.0. The van der Waals surface area contributed by atoms with E-state index < -0.39 is 0 Å². The van der Waals surface area contributed by atoms with Crippen LogP contribution < -0.4 is 10.1 Å². The number of imidazole rings is 1. The van der Waals surface area contributed by atoms with Crippen LogP contribution in [0.25, 0.3) is 11.0 Å². The predicted molar refractivity (Wildman–Crippen MR) is 75.3 cm³/mol. The van der Waals surface area contributed by atoms with Gasteiger partial charge >= 0.3 is 0 Å². The van der Waals surface area contributed by atoms with Crippen LogP contribution in [0.5, 0.6) is 0 Å². The van der Waals surface area contributed by atoms with Crippen molar-refractivity contribution < 1.29 is 10.1 Å². The van der Waals surface area contributed by atoms with Gasteiger partial charge in [0.1, 0.15) is 0 Å². The van der Waals surface area contributed by atoms with Gasteiger partial charge < -0.3 is 14.7 Å². The van der Waals surface area contributed by atoms with E-state index in [0.717, 1.165) is 17.0 Å². The van der Waals surface area contributed by atoms with Gasteiger partial charge in [0.05, 0.1) is 18.1 Å². The average molecular weight is 262 g/mol. The number of quaternary nitrogens is 1. The van der Waals surface area contributed by atoms with Gasteiger partial charge in [-0.2, -0.15) is 5.23 Å². The molecule has 19 heavy (non-hydrogen) atoms. The van der Waals surface area contributed by atoms with Crippen LogP contribution in [0.1, 0.15) is 0 Å². The Morgan fingerprint density at radius 3 is 2.84 bits per heavy atom. The molecule has 1 aromatic heterocycles. The van der Waals surface area contributed by atoms with Gasteiger partial charge in [-0.1, -0.05) is 6.08 Å². The summed E-state index contributed by atoms with van der Waals surface area (Å²) in [5.74, 6) is 0.830. The largest absolute Gasteiger partial charge is 0.595 e. The number of anilines is 1.